The molecule has 0 unspecified atom stereocenters. The fourth-order valence-corrected chi connectivity index (χ4v) is 1.90. The summed E-state index contributed by atoms with van der Waals surface area (Å²) in [6.07, 6.45) is 3.08. The zero-order valence-electron chi connectivity index (χ0n) is 10.5. The van der Waals surface area contributed by atoms with E-state index in [-0.39, 0.29) is 0 Å². The summed E-state index contributed by atoms with van der Waals surface area (Å²) in [6, 6.07) is 1.93. The summed E-state index contributed by atoms with van der Waals surface area (Å²) in [6.45, 7) is 2.58. The van der Waals surface area contributed by atoms with Crippen LogP contribution in [0.25, 0.3) is 0 Å². The molecule has 0 spiro atoms. The summed E-state index contributed by atoms with van der Waals surface area (Å²) in [5, 5.41) is 0.304. The van der Waals surface area contributed by atoms with Crippen molar-refractivity contribution in [2.75, 3.05) is 19.1 Å². The summed E-state index contributed by atoms with van der Waals surface area (Å²) in [4.78, 5) is 10.0. The van der Waals surface area contributed by atoms with Gasteiger partial charge in [0.15, 0.2) is 16.7 Å². The maximum absolute atomic E-state index is 5.97. The third-order valence-electron chi connectivity index (χ3n) is 2.68. The van der Waals surface area contributed by atoms with Crippen LogP contribution in [0.2, 0.25) is 5.15 Å². The van der Waals surface area contributed by atoms with Crippen LogP contribution in [0, 0.1) is 6.92 Å². The lowest BCUT2D eigenvalue weighted by molar-refractivity contribution is 0.411. The molecule has 18 heavy (non-hydrogen) atoms. The summed E-state index contributed by atoms with van der Waals surface area (Å²) in [5.41, 5.74) is 1.09. The fraction of sp³-hybridized carbons (Fsp3) is 0.333. The van der Waals surface area contributed by atoms with Gasteiger partial charge in [-0.1, -0.05) is 11.6 Å². The quantitative estimate of drug-likeness (QED) is 0.797. The van der Waals surface area contributed by atoms with Crippen molar-refractivity contribution in [2.24, 2.45) is 0 Å². The Bertz CT molecular complexity index is 542. The Morgan fingerprint density at radius 1 is 1.44 bits per heavy atom. The Morgan fingerprint density at radius 2 is 2.22 bits per heavy atom. The average molecular weight is 268 g/mol. The first-order chi connectivity index (χ1) is 8.63. The van der Waals surface area contributed by atoms with Gasteiger partial charge in [-0.05, 0) is 13.0 Å². The van der Waals surface area contributed by atoms with Gasteiger partial charge >= 0.3 is 0 Å². The van der Waals surface area contributed by atoms with Gasteiger partial charge in [0.1, 0.15) is 12.1 Å². The Labute approximate surface area is 110 Å². The molecule has 2 aromatic rings. The van der Waals surface area contributed by atoms with Crippen LogP contribution in [-0.2, 0) is 6.54 Å². The number of hydrogen-bond donors (Lipinski definition) is 0. The molecule has 0 saturated heterocycles. The van der Waals surface area contributed by atoms with E-state index in [0.29, 0.717) is 23.3 Å². The summed E-state index contributed by atoms with van der Waals surface area (Å²) in [5.74, 6) is 2.02. The number of anilines is 1. The van der Waals surface area contributed by atoms with Crippen LogP contribution >= 0.6 is 11.6 Å². The number of halogens is 1. The van der Waals surface area contributed by atoms with E-state index in [4.69, 9.17) is 20.8 Å². The number of hydrogen-bond acceptors (Lipinski definition) is 5. The minimum Gasteiger partial charge on any atom is -0.490 e. The van der Waals surface area contributed by atoms with Gasteiger partial charge in [0, 0.05) is 19.2 Å². The number of furan rings is 1. The second-order valence-electron chi connectivity index (χ2n) is 3.88. The number of aromatic nitrogens is 2. The normalized spacial score (nSPS) is 10.4. The van der Waals surface area contributed by atoms with E-state index in [1.165, 1.54) is 6.33 Å². The Kier molecular flexibility index (Phi) is 3.72. The van der Waals surface area contributed by atoms with Gasteiger partial charge < -0.3 is 14.1 Å². The second kappa shape index (κ2) is 5.27. The Morgan fingerprint density at radius 3 is 2.83 bits per heavy atom. The molecule has 0 saturated carbocycles. The minimum atomic E-state index is 0.304. The van der Waals surface area contributed by atoms with E-state index >= 15 is 0 Å². The maximum atomic E-state index is 5.97. The van der Waals surface area contributed by atoms with Crippen molar-refractivity contribution in [3.05, 3.63) is 35.1 Å². The van der Waals surface area contributed by atoms with Crippen molar-refractivity contribution < 1.29 is 9.15 Å². The van der Waals surface area contributed by atoms with Crippen LogP contribution in [0.1, 0.15) is 11.3 Å². The second-order valence-corrected chi connectivity index (χ2v) is 4.24. The highest BCUT2D eigenvalue weighted by atomic mass is 35.5. The first-order valence-electron chi connectivity index (χ1n) is 5.42. The molecular weight excluding hydrogens is 254 g/mol. The molecule has 96 valence electrons. The highest BCUT2D eigenvalue weighted by molar-refractivity contribution is 6.31. The van der Waals surface area contributed by atoms with Crippen molar-refractivity contribution in [1.82, 2.24) is 9.97 Å². The monoisotopic (exact) mass is 267 g/mol. The predicted molar refractivity (Wildman–Crippen MR) is 69.1 cm³/mol. The molecule has 2 aromatic heterocycles. The van der Waals surface area contributed by atoms with Crippen molar-refractivity contribution >= 4 is 17.4 Å². The molecule has 2 rings (SSSR count). The van der Waals surface area contributed by atoms with Crippen LogP contribution in [0.5, 0.6) is 5.75 Å². The van der Waals surface area contributed by atoms with Crippen molar-refractivity contribution in [3.63, 3.8) is 0 Å². The molecule has 0 aliphatic carbocycles. The number of methoxy groups -OCH3 is 1. The molecule has 5 nitrogen and oxygen atoms in total. The Balaban J connectivity index is 2.26. The van der Waals surface area contributed by atoms with Gasteiger partial charge in [0.25, 0.3) is 0 Å². The number of nitrogens with zero attached hydrogens (tertiary/aromatic N) is 3. The van der Waals surface area contributed by atoms with Crippen LogP contribution in [0.15, 0.2) is 23.1 Å². The zero-order valence-corrected chi connectivity index (χ0v) is 11.2. The van der Waals surface area contributed by atoms with Crippen LogP contribution in [-0.4, -0.2) is 24.1 Å². The van der Waals surface area contributed by atoms with Crippen LogP contribution in [0.3, 0.4) is 0 Å². The van der Waals surface area contributed by atoms with Gasteiger partial charge in [0.05, 0.1) is 13.4 Å². The van der Waals surface area contributed by atoms with E-state index in [1.807, 2.05) is 24.9 Å². The van der Waals surface area contributed by atoms with E-state index in [2.05, 4.69) is 9.97 Å². The molecule has 0 aliphatic heterocycles. The van der Waals surface area contributed by atoms with Gasteiger partial charge in [-0.3, -0.25) is 0 Å². The molecule has 0 aromatic carbocycles. The van der Waals surface area contributed by atoms with Crippen molar-refractivity contribution in [3.8, 4) is 5.75 Å². The molecule has 0 aliphatic rings. The highest BCUT2D eigenvalue weighted by Gasteiger charge is 2.15. The Hall–Kier alpha value is -1.75. The van der Waals surface area contributed by atoms with Crippen molar-refractivity contribution in [1.29, 1.82) is 0 Å². The summed E-state index contributed by atoms with van der Waals surface area (Å²) < 4.78 is 10.5. The largest absolute Gasteiger partial charge is 0.490 e. The summed E-state index contributed by atoms with van der Waals surface area (Å²) in [7, 11) is 3.46. The topological polar surface area (TPSA) is 51.4 Å². The lowest BCUT2D eigenvalue weighted by Crippen LogP contribution is -2.19. The number of rotatable bonds is 4. The SMILES string of the molecule is COc1c(Cl)ncnc1N(C)Cc1ccoc1C. The molecule has 0 N–H and O–H groups in total. The van der Waals surface area contributed by atoms with Gasteiger partial charge in [-0.25, -0.2) is 9.97 Å². The number of ether oxygens (including phenoxy) is 1. The first kappa shape index (κ1) is 12.7. The van der Waals surface area contributed by atoms with E-state index in [9.17, 15) is 0 Å². The van der Waals surface area contributed by atoms with E-state index < -0.39 is 0 Å². The molecule has 0 radical (unpaired) electrons. The average Bonchev–Trinajstić information content (AvgIpc) is 2.74. The molecule has 0 bridgehead atoms. The molecule has 6 heteroatoms. The molecule has 0 atom stereocenters. The smallest absolute Gasteiger partial charge is 0.199 e. The summed E-state index contributed by atoms with van der Waals surface area (Å²) >= 11 is 5.97. The lowest BCUT2D eigenvalue weighted by Gasteiger charge is -2.20. The minimum absolute atomic E-state index is 0.304. The molecule has 0 fully saturated rings. The maximum Gasteiger partial charge on any atom is 0.199 e. The zero-order chi connectivity index (χ0) is 13.1. The van der Waals surface area contributed by atoms with Gasteiger partial charge in [-0.2, -0.15) is 0 Å². The third-order valence-corrected chi connectivity index (χ3v) is 2.95. The fourth-order valence-electron chi connectivity index (χ4n) is 1.70. The lowest BCUT2D eigenvalue weighted by atomic mass is 10.2. The molecule has 0 amide bonds. The molecule has 2 heterocycles. The highest BCUT2D eigenvalue weighted by Crippen LogP contribution is 2.31. The van der Waals surface area contributed by atoms with Crippen LogP contribution < -0.4 is 9.64 Å². The van der Waals surface area contributed by atoms with Crippen LogP contribution in [0.4, 0.5) is 5.82 Å². The molecular formula is C12H14ClN3O2. The van der Waals surface area contributed by atoms with E-state index in [1.54, 1.807) is 13.4 Å². The number of aryl methyl sites for hydroxylation is 1. The van der Waals surface area contributed by atoms with E-state index in [0.717, 1.165) is 11.3 Å². The first-order valence-corrected chi connectivity index (χ1v) is 5.80. The van der Waals surface area contributed by atoms with Gasteiger partial charge in [0.2, 0.25) is 0 Å². The third kappa shape index (κ3) is 2.41. The van der Waals surface area contributed by atoms with Gasteiger partial charge in [-0.15, -0.1) is 0 Å². The standard InChI is InChI=1S/C12H14ClN3O2/c1-8-9(4-5-18-8)6-16(2)12-10(17-3)11(13)14-7-15-12/h4-5,7H,6H2,1-3H3. The van der Waals surface area contributed by atoms with Crippen molar-refractivity contribution in [2.45, 2.75) is 13.5 Å². The predicted octanol–water partition coefficient (Wildman–Crippen LogP) is 2.68.